The fourth-order valence-corrected chi connectivity index (χ4v) is 8.48. The zero-order valence-corrected chi connectivity index (χ0v) is 30.2. The Morgan fingerprint density at radius 2 is 0.891 bits per heavy atom. The van der Waals surface area contributed by atoms with Crippen molar-refractivity contribution in [3.63, 3.8) is 0 Å². The summed E-state index contributed by atoms with van der Waals surface area (Å²) >= 11 is 0. The lowest BCUT2D eigenvalue weighted by Gasteiger charge is -2.11. The van der Waals surface area contributed by atoms with E-state index >= 15 is 0 Å². The third kappa shape index (κ3) is 4.99. The van der Waals surface area contributed by atoms with Gasteiger partial charge in [-0.1, -0.05) is 133 Å². The Balaban J connectivity index is 0.997. The molecule has 0 atom stereocenters. The summed E-state index contributed by atoms with van der Waals surface area (Å²) in [6, 6.07) is 67.2. The maximum absolute atomic E-state index is 5.11. The molecular formula is C51H34N4. The predicted molar refractivity (Wildman–Crippen MR) is 229 cm³/mol. The molecule has 0 bridgehead atoms. The van der Waals surface area contributed by atoms with Gasteiger partial charge in [-0.3, -0.25) is 0 Å². The Hall–Kier alpha value is -7.30. The quantitative estimate of drug-likeness (QED) is 0.179. The molecule has 258 valence electrons. The molecular weight excluding hydrogens is 669 g/mol. The van der Waals surface area contributed by atoms with Crippen LogP contribution in [0.25, 0.3) is 99.7 Å². The fourth-order valence-electron chi connectivity index (χ4n) is 8.48. The van der Waals surface area contributed by atoms with E-state index in [9.17, 15) is 0 Å². The normalized spacial score (nSPS) is 11.7. The maximum Gasteiger partial charge on any atom is 0.160 e. The van der Waals surface area contributed by atoms with Crippen molar-refractivity contribution < 1.29 is 0 Å². The largest absolute Gasteiger partial charge is 0.309 e. The molecule has 0 unspecified atom stereocenters. The lowest BCUT2D eigenvalue weighted by Crippen LogP contribution is -1.95. The second-order valence-electron chi connectivity index (χ2n) is 14.3. The number of para-hydroxylation sites is 4. The second kappa shape index (κ2) is 12.4. The molecule has 3 heterocycles. The van der Waals surface area contributed by atoms with Crippen molar-refractivity contribution in [1.29, 1.82) is 0 Å². The van der Waals surface area contributed by atoms with Gasteiger partial charge >= 0.3 is 0 Å². The first kappa shape index (κ1) is 31.2. The monoisotopic (exact) mass is 702 g/mol. The van der Waals surface area contributed by atoms with Crippen LogP contribution in [-0.4, -0.2) is 19.1 Å². The van der Waals surface area contributed by atoms with Crippen LogP contribution in [0.1, 0.15) is 5.56 Å². The first-order chi connectivity index (χ1) is 27.2. The van der Waals surface area contributed by atoms with Crippen molar-refractivity contribution in [3.8, 4) is 45.1 Å². The van der Waals surface area contributed by atoms with Crippen LogP contribution in [-0.2, 0) is 0 Å². The van der Waals surface area contributed by atoms with E-state index in [1.807, 2.05) is 6.07 Å². The zero-order valence-electron chi connectivity index (χ0n) is 30.2. The van der Waals surface area contributed by atoms with E-state index in [2.05, 4.69) is 198 Å². The molecule has 4 nitrogen and oxygen atoms in total. The van der Waals surface area contributed by atoms with Crippen LogP contribution in [0.4, 0.5) is 0 Å². The maximum atomic E-state index is 5.11. The standard InChI is InChI=1S/C51H34N4/c1-33-12-11-13-37(32-33)50-40-16-5-8-19-43(40)52-51(53-50)36-24-22-34(23-25-36)35-26-28-39(29-27-35)55-45-21-10-7-18-42(45)49-47(55)31-30-46-48(49)41-17-6-9-20-44(41)54(46)38-14-3-2-4-15-38/h2-32H,1H3. The van der Waals surface area contributed by atoms with Gasteiger partial charge in [0.2, 0.25) is 0 Å². The minimum atomic E-state index is 0.726. The van der Waals surface area contributed by atoms with Gasteiger partial charge in [-0.2, -0.15) is 0 Å². The Morgan fingerprint density at radius 1 is 0.364 bits per heavy atom. The van der Waals surface area contributed by atoms with E-state index in [0.29, 0.717) is 0 Å². The van der Waals surface area contributed by atoms with Gasteiger partial charge in [-0.25, -0.2) is 9.97 Å². The number of aryl methyl sites for hydroxylation is 1. The smallest absolute Gasteiger partial charge is 0.160 e. The van der Waals surface area contributed by atoms with Gasteiger partial charge < -0.3 is 9.13 Å². The van der Waals surface area contributed by atoms with Crippen molar-refractivity contribution in [2.45, 2.75) is 6.92 Å². The summed E-state index contributed by atoms with van der Waals surface area (Å²) in [7, 11) is 0. The average Bonchev–Trinajstić information content (AvgIpc) is 3.77. The zero-order chi connectivity index (χ0) is 36.5. The molecule has 3 aromatic heterocycles. The van der Waals surface area contributed by atoms with Crippen LogP contribution in [0.2, 0.25) is 0 Å². The number of benzene rings is 8. The molecule has 0 aliphatic heterocycles. The van der Waals surface area contributed by atoms with E-state index in [-0.39, 0.29) is 0 Å². The number of hydrogen-bond donors (Lipinski definition) is 0. The molecule has 11 aromatic rings. The first-order valence-corrected chi connectivity index (χ1v) is 18.8. The summed E-state index contributed by atoms with van der Waals surface area (Å²) < 4.78 is 4.81. The molecule has 0 fully saturated rings. The lowest BCUT2D eigenvalue weighted by atomic mass is 10.0. The number of aromatic nitrogens is 4. The van der Waals surface area contributed by atoms with Gasteiger partial charge in [0.15, 0.2) is 5.82 Å². The number of nitrogens with zero attached hydrogens (tertiary/aromatic N) is 4. The van der Waals surface area contributed by atoms with Gasteiger partial charge in [0.05, 0.1) is 33.3 Å². The molecule has 0 saturated carbocycles. The average molecular weight is 703 g/mol. The number of rotatable bonds is 5. The molecule has 55 heavy (non-hydrogen) atoms. The molecule has 0 N–H and O–H groups in total. The van der Waals surface area contributed by atoms with E-state index in [1.165, 1.54) is 49.2 Å². The predicted octanol–water partition coefficient (Wildman–Crippen LogP) is 13.1. The number of fused-ring (bicyclic) bond motifs is 8. The van der Waals surface area contributed by atoms with Crippen LogP contribution >= 0.6 is 0 Å². The van der Waals surface area contributed by atoms with Crippen LogP contribution in [0.3, 0.4) is 0 Å². The Kier molecular flexibility index (Phi) is 7.04. The molecule has 8 aromatic carbocycles. The Bertz CT molecular complexity index is 3240. The molecule has 0 aliphatic rings. The highest BCUT2D eigenvalue weighted by Gasteiger charge is 2.20. The van der Waals surface area contributed by atoms with E-state index in [4.69, 9.17) is 9.97 Å². The summed E-state index contributed by atoms with van der Waals surface area (Å²) in [5.41, 5.74) is 14.6. The third-order valence-electron chi connectivity index (χ3n) is 11.0. The minimum absolute atomic E-state index is 0.726. The molecule has 0 saturated heterocycles. The van der Waals surface area contributed by atoms with E-state index in [1.54, 1.807) is 0 Å². The first-order valence-electron chi connectivity index (χ1n) is 18.8. The van der Waals surface area contributed by atoms with Crippen molar-refractivity contribution in [3.05, 3.63) is 194 Å². The SMILES string of the molecule is Cc1cccc(-c2nc(-c3ccc(-c4ccc(-n5c6ccccc6c6c7c8ccccc8n(-c8ccccc8)c7ccc65)cc4)cc3)nc3ccccc23)c1. The summed E-state index contributed by atoms with van der Waals surface area (Å²) in [4.78, 5) is 10.1. The second-order valence-corrected chi connectivity index (χ2v) is 14.3. The summed E-state index contributed by atoms with van der Waals surface area (Å²) in [5.74, 6) is 0.726. The van der Waals surface area contributed by atoms with Crippen LogP contribution in [0.15, 0.2) is 188 Å². The highest BCUT2D eigenvalue weighted by atomic mass is 15.0. The summed E-state index contributed by atoms with van der Waals surface area (Å²) in [5, 5.41) is 6.12. The van der Waals surface area contributed by atoms with Gasteiger partial charge in [-0.05, 0) is 78.7 Å². The van der Waals surface area contributed by atoms with Gasteiger partial charge in [-0.15, -0.1) is 0 Å². The molecule has 0 aliphatic carbocycles. The summed E-state index contributed by atoms with van der Waals surface area (Å²) in [6.07, 6.45) is 0. The van der Waals surface area contributed by atoms with Crippen molar-refractivity contribution in [2.24, 2.45) is 0 Å². The molecule has 4 heteroatoms. The highest BCUT2D eigenvalue weighted by molar-refractivity contribution is 6.28. The van der Waals surface area contributed by atoms with Crippen molar-refractivity contribution >= 4 is 54.5 Å². The van der Waals surface area contributed by atoms with Crippen LogP contribution in [0, 0.1) is 6.92 Å². The molecule has 0 radical (unpaired) electrons. The van der Waals surface area contributed by atoms with Crippen LogP contribution in [0.5, 0.6) is 0 Å². The molecule has 0 amide bonds. The molecule has 0 spiro atoms. The molecule has 11 rings (SSSR count). The van der Waals surface area contributed by atoms with Crippen molar-refractivity contribution in [1.82, 2.24) is 19.1 Å². The van der Waals surface area contributed by atoms with E-state index < -0.39 is 0 Å². The highest BCUT2D eigenvalue weighted by Crippen LogP contribution is 2.42. The van der Waals surface area contributed by atoms with Gasteiger partial charge in [0, 0.05) is 49.4 Å². The topological polar surface area (TPSA) is 35.6 Å². The lowest BCUT2D eigenvalue weighted by molar-refractivity contribution is 1.17. The van der Waals surface area contributed by atoms with Gasteiger partial charge in [0.25, 0.3) is 0 Å². The van der Waals surface area contributed by atoms with E-state index in [0.717, 1.165) is 56.0 Å². The van der Waals surface area contributed by atoms with Crippen molar-refractivity contribution in [2.75, 3.05) is 0 Å². The number of hydrogen-bond acceptors (Lipinski definition) is 2. The Labute approximate surface area is 318 Å². The fraction of sp³-hybridized carbons (Fsp3) is 0.0196. The summed E-state index contributed by atoms with van der Waals surface area (Å²) in [6.45, 7) is 2.12. The minimum Gasteiger partial charge on any atom is -0.309 e. The van der Waals surface area contributed by atoms with Gasteiger partial charge in [0.1, 0.15) is 0 Å². The van der Waals surface area contributed by atoms with Crippen LogP contribution < -0.4 is 0 Å². The third-order valence-corrected chi connectivity index (χ3v) is 11.0. The Morgan fingerprint density at radius 3 is 1.53 bits per heavy atom.